The van der Waals surface area contributed by atoms with Crippen LogP contribution in [0.1, 0.15) is 33.3 Å². The number of hydrogen-bond acceptors (Lipinski definition) is 7. The smallest absolute Gasteiger partial charge is 0.343 e. The number of nitrogens with one attached hydrogen (secondary N) is 2. The van der Waals surface area contributed by atoms with E-state index < -0.39 is 17.8 Å². The van der Waals surface area contributed by atoms with Gasteiger partial charge >= 0.3 is 11.9 Å². The third-order valence-corrected chi connectivity index (χ3v) is 7.97. The maximum Gasteiger partial charge on any atom is 0.343 e. The van der Waals surface area contributed by atoms with Gasteiger partial charge in [0.2, 0.25) is 0 Å². The molecular formula is C32H21Br2Cl2N3O6. The van der Waals surface area contributed by atoms with E-state index in [1.165, 1.54) is 38.4 Å². The van der Waals surface area contributed by atoms with E-state index >= 15 is 0 Å². The number of rotatable bonds is 8. The Labute approximate surface area is 283 Å². The van der Waals surface area contributed by atoms with Gasteiger partial charge < -0.3 is 19.2 Å². The van der Waals surface area contributed by atoms with Crippen LogP contribution in [0.25, 0.3) is 22.0 Å². The molecule has 4 aromatic carbocycles. The lowest BCUT2D eigenvalue weighted by molar-refractivity contribution is -0.132. The van der Waals surface area contributed by atoms with Crippen molar-refractivity contribution in [2.24, 2.45) is 5.10 Å². The standard InChI is InChI=1S/C32H21Br2Cl2N3O6/c1-16(40)44-26-9-7-17(12-27(26)43-2)32(42)45-25-10-8-19(33)11-18(25)15-37-39-31(41)30-28(21-5-3-4-6-23(21)35)22-13-20(34)14-24(36)29(22)38-30/h3-15,38H,1-2H3,(H,39,41). The molecule has 0 fully saturated rings. The minimum Gasteiger partial charge on any atom is -0.493 e. The number of methoxy groups -OCH3 is 1. The Balaban J connectivity index is 1.42. The quantitative estimate of drug-likeness (QED) is 0.0706. The van der Waals surface area contributed by atoms with E-state index in [0.717, 1.165) is 4.47 Å². The fraction of sp³-hybridized carbons (Fsp3) is 0.0625. The molecule has 0 saturated carbocycles. The van der Waals surface area contributed by atoms with Crippen molar-refractivity contribution in [1.29, 1.82) is 0 Å². The second kappa shape index (κ2) is 13.9. The number of fused-ring (bicyclic) bond motifs is 1. The SMILES string of the molecule is COc1cc(C(=O)Oc2ccc(Br)cc2C=NNC(=O)c2[nH]c3c(Cl)cc(Br)cc3c2-c2ccccc2Cl)ccc1OC(C)=O. The Morgan fingerprint density at radius 3 is 2.36 bits per heavy atom. The predicted molar refractivity (Wildman–Crippen MR) is 180 cm³/mol. The number of hydrazone groups is 1. The van der Waals surface area contributed by atoms with E-state index in [-0.39, 0.29) is 28.5 Å². The van der Waals surface area contributed by atoms with Gasteiger partial charge in [-0.15, -0.1) is 0 Å². The number of ether oxygens (including phenoxy) is 3. The van der Waals surface area contributed by atoms with Crippen LogP contribution >= 0.6 is 55.1 Å². The van der Waals surface area contributed by atoms with Crippen LogP contribution in [-0.2, 0) is 4.79 Å². The Hall–Kier alpha value is -4.16. The molecule has 0 aliphatic rings. The highest BCUT2D eigenvalue weighted by Gasteiger charge is 2.23. The van der Waals surface area contributed by atoms with Crippen molar-refractivity contribution in [3.05, 3.63) is 109 Å². The van der Waals surface area contributed by atoms with Crippen LogP contribution < -0.4 is 19.6 Å². The van der Waals surface area contributed by atoms with E-state index in [9.17, 15) is 14.4 Å². The van der Waals surface area contributed by atoms with Crippen LogP contribution in [0.5, 0.6) is 17.2 Å². The van der Waals surface area contributed by atoms with Gasteiger partial charge in [0, 0.05) is 43.0 Å². The molecule has 0 aliphatic carbocycles. The summed E-state index contributed by atoms with van der Waals surface area (Å²) in [6.45, 7) is 1.26. The van der Waals surface area contributed by atoms with Gasteiger partial charge in [-0.3, -0.25) is 9.59 Å². The van der Waals surface area contributed by atoms with Crippen molar-refractivity contribution in [1.82, 2.24) is 10.4 Å². The van der Waals surface area contributed by atoms with Gasteiger partial charge in [-0.1, -0.05) is 73.3 Å². The molecule has 0 saturated heterocycles. The predicted octanol–water partition coefficient (Wildman–Crippen LogP) is 8.58. The fourth-order valence-electron chi connectivity index (χ4n) is 4.46. The molecule has 2 N–H and O–H groups in total. The summed E-state index contributed by atoms with van der Waals surface area (Å²) in [6.07, 6.45) is 1.34. The number of halogens is 4. The third-order valence-electron chi connectivity index (χ3n) is 6.39. The number of amides is 1. The number of carbonyl (C=O) groups excluding carboxylic acids is 3. The van der Waals surface area contributed by atoms with E-state index in [4.69, 9.17) is 37.4 Å². The number of nitrogens with zero attached hydrogens (tertiary/aromatic N) is 1. The second-order valence-electron chi connectivity index (χ2n) is 9.40. The number of H-pyrrole nitrogens is 1. The Morgan fingerprint density at radius 2 is 1.62 bits per heavy atom. The average molecular weight is 774 g/mol. The Kier molecular flexibility index (Phi) is 9.93. The summed E-state index contributed by atoms with van der Waals surface area (Å²) in [5.41, 5.74) is 5.01. The van der Waals surface area contributed by atoms with Crippen molar-refractivity contribution < 1.29 is 28.6 Å². The molecule has 0 unspecified atom stereocenters. The van der Waals surface area contributed by atoms with Gasteiger partial charge in [0.1, 0.15) is 11.4 Å². The van der Waals surface area contributed by atoms with E-state index in [2.05, 4.69) is 47.4 Å². The monoisotopic (exact) mass is 771 g/mol. The maximum atomic E-state index is 13.5. The fourth-order valence-corrected chi connectivity index (χ4v) is 5.92. The highest BCUT2D eigenvalue weighted by atomic mass is 79.9. The van der Waals surface area contributed by atoms with Crippen LogP contribution in [-0.4, -0.2) is 36.2 Å². The van der Waals surface area contributed by atoms with Gasteiger partial charge in [-0.25, -0.2) is 10.2 Å². The van der Waals surface area contributed by atoms with Gasteiger partial charge in [0.05, 0.1) is 29.4 Å². The lowest BCUT2D eigenvalue weighted by atomic mass is 10.0. The third kappa shape index (κ3) is 7.23. The van der Waals surface area contributed by atoms with Gasteiger partial charge in [-0.05, 0) is 54.6 Å². The minimum atomic E-state index is -0.700. The molecule has 5 rings (SSSR count). The number of hydrogen-bond donors (Lipinski definition) is 2. The molecule has 0 spiro atoms. The molecule has 0 atom stereocenters. The van der Waals surface area contributed by atoms with Gasteiger partial charge in [0.25, 0.3) is 5.91 Å². The van der Waals surface area contributed by atoms with Crippen LogP contribution in [0.15, 0.2) is 86.8 Å². The lowest BCUT2D eigenvalue weighted by Crippen LogP contribution is -2.19. The van der Waals surface area contributed by atoms with Gasteiger partial charge in [0.15, 0.2) is 11.5 Å². The zero-order chi connectivity index (χ0) is 32.2. The number of carbonyl (C=O) groups is 3. The molecule has 0 bridgehead atoms. The van der Waals surface area contributed by atoms with Crippen molar-refractivity contribution in [2.75, 3.05) is 7.11 Å². The zero-order valence-electron chi connectivity index (χ0n) is 23.4. The second-order valence-corrected chi connectivity index (χ2v) is 12.0. The number of aromatic amines is 1. The summed E-state index contributed by atoms with van der Waals surface area (Å²) in [5.74, 6) is -1.27. The molecule has 228 valence electrons. The molecule has 9 nitrogen and oxygen atoms in total. The summed E-state index contributed by atoms with van der Waals surface area (Å²) in [6, 6.07) is 19.9. The highest BCUT2D eigenvalue weighted by molar-refractivity contribution is 9.10. The number of benzene rings is 4. The highest BCUT2D eigenvalue weighted by Crippen LogP contribution is 2.40. The molecule has 1 aromatic heterocycles. The van der Waals surface area contributed by atoms with Crippen molar-refractivity contribution >= 4 is 90.0 Å². The largest absolute Gasteiger partial charge is 0.493 e. The van der Waals surface area contributed by atoms with E-state index in [1.54, 1.807) is 42.5 Å². The van der Waals surface area contributed by atoms with E-state index in [0.29, 0.717) is 42.1 Å². The average Bonchev–Trinajstić information content (AvgIpc) is 3.38. The molecule has 5 aromatic rings. The van der Waals surface area contributed by atoms with Crippen LogP contribution in [0.4, 0.5) is 0 Å². The van der Waals surface area contributed by atoms with Gasteiger partial charge in [-0.2, -0.15) is 5.10 Å². The molecule has 45 heavy (non-hydrogen) atoms. The van der Waals surface area contributed by atoms with Crippen molar-refractivity contribution in [2.45, 2.75) is 6.92 Å². The summed E-state index contributed by atoms with van der Waals surface area (Å²) in [7, 11) is 1.38. The summed E-state index contributed by atoms with van der Waals surface area (Å²) in [5, 5.41) is 5.69. The van der Waals surface area contributed by atoms with E-state index in [1.807, 2.05) is 12.1 Å². The van der Waals surface area contributed by atoms with Crippen LogP contribution in [0.2, 0.25) is 10.0 Å². The summed E-state index contributed by atoms with van der Waals surface area (Å²) in [4.78, 5) is 41.0. The zero-order valence-corrected chi connectivity index (χ0v) is 28.1. The molecular weight excluding hydrogens is 753 g/mol. The first-order valence-corrected chi connectivity index (χ1v) is 15.4. The first kappa shape index (κ1) is 32.2. The maximum absolute atomic E-state index is 13.5. The van der Waals surface area contributed by atoms with Crippen LogP contribution in [0.3, 0.4) is 0 Å². The molecule has 1 amide bonds. The lowest BCUT2D eigenvalue weighted by Gasteiger charge is -2.11. The first-order valence-electron chi connectivity index (χ1n) is 13.0. The number of aromatic nitrogens is 1. The Morgan fingerprint density at radius 1 is 0.867 bits per heavy atom. The minimum absolute atomic E-state index is 0.151. The first-order chi connectivity index (χ1) is 21.5. The Bertz CT molecular complexity index is 2010. The summed E-state index contributed by atoms with van der Waals surface area (Å²) >= 11 is 19.9. The van der Waals surface area contributed by atoms with Crippen molar-refractivity contribution in [3.63, 3.8) is 0 Å². The normalized spacial score (nSPS) is 11.1. The molecule has 0 radical (unpaired) electrons. The number of esters is 2. The molecule has 13 heteroatoms. The molecule has 0 aliphatic heterocycles. The summed E-state index contributed by atoms with van der Waals surface area (Å²) < 4.78 is 17.4. The topological polar surface area (TPSA) is 119 Å². The van der Waals surface area contributed by atoms with Crippen LogP contribution in [0, 0.1) is 0 Å². The van der Waals surface area contributed by atoms with Crippen molar-refractivity contribution in [3.8, 4) is 28.4 Å². The molecule has 1 heterocycles.